The zero-order chi connectivity index (χ0) is 14.7. The second-order valence-corrected chi connectivity index (χ2v) is 7.07. The molecule has 0 aromatic carbocycles. The van der Waals surface area contributed by atoms with Gasteiger partial charge >= 0.3 is 0 Å². The van der Waals surface area contributed by atoms with Crippen LogP contribution in [0.4, 0.5) is 5.13 Å². The molecule has 21 heavy (non-hydrogen) atoms. The number of carbonyl (C=O) groups is 1. The molecule has 0 atom stereocenters. The molecule has 1 amide bonds. The molecular formula is C16H23N3OS. The van der Waals surface area contributed by atoms with Crippen LogP contribution in [0, 0.1) is 5.41 Å². The van der Waals surface area contributed by atoms with Crippen molar-refractivity contribution >= 4 is 22.4 Å². The lowest BCUT2D eigenvalue weighted by Crippen LogP contribution is -2.51. The Bertz CT molecular complexity index is 488. The Hall–Kier alpha value is -1.36. The van der Waals surface area contributed by atoms with Crippen LogP contribution >= 0.6 is 11.3 Å². The number of hydrogen-bond acceptors (Lipinski definition) is 4. The molecule has 1 aromatic heterocycles. The highest BCUT2D eigenvalue weighted by atomic mass is 32.1. The largest absolute Gasteiger partial charge is 0.359 e. The highest BCUT2D eigenvalue weighted by Crippen LogP contribution is 2.46. The Balaban J connectivity index is 1.53. The van der Waals surface area contributed by atoms with Crippen molar-refractivity contribution < 1.29 is 4.79 Å². The monoisotopic (exact) mass is 305 g/mol. The smallest absolute Gasteiger partial charge is 0.229 e. The molecule has 1 aliphatic heterocycles. The number of hydrogen-bond donors (Lipinski definition) is 1. The molecule has 0 unspecified atom stereocenters. The van der Waals surface area contributed by atoms with E-state index in [4.69, 9.17) is 0 Å². The van der Waals surface area contributed by atoms with Crippen molar-refractivity contribution in [2.75, 3.05) is 18.4 Å². The van der Waals surface area contributed by atoms with Gasteiger partial charge in [0.2, 0.25) is 5.91 Å². The summed E-state index contributed by atoms with van der Waals surface area (Å²) in [6.07, 6.45) is 9.84. The lowest BCUT2D eigenvalue weighted by molar-refractivity contribution is -0.148. The summed E-state index contributed by atoms with van der Waals surface area (Å²) in [5, 5.41) is 6.44. The van der Waals surface area contributed by atoms with Gasteiger partial charge in [0.15, 0.2) is 5.13 Å². The van der Waals surface area contributed by atoms with Crippen LogP contribution in [-0.2, 0) is 4.79 Å². The average Bonchev–Trinajstić information content (AvgIpc) is 2.96. The number of anilines is 1. The summed E-state index contributed by atoms with van der Waals surface area (Å²) >= 11 is 1.63. The number of aromatic nitrogens is 1. The maximum Gasteiger partial charge on any atom is 0.229 e. The van der Waals surface area contributed by atoms with Gasteiger partial charge in [0.1, 0.15) is 0 Å². The molecule has 3 rings (SSSR count). The third kappa shape index (κ3) is 2.98. The van der Waals surface area contributed by atoms with E-state index in [0.717, 1.165) is 50.3 Å². The first kappa shape index (κ1) is 14.6. The Morgan fingerprint density at radius 3 is 2.81 bits per heavy atom. The number of carbonyl (C=O) groups excluding carboxylic acids is 1. The Morgan fingerprint density at radius 1 is 1.52 bits per heavy atom. The van der Waals surface area contributed by atoms with Crippen molar-refractivity contribution in [1.29, 1.82) is 0 Å². The normalized spacial score (nSPS) is 21.6. The molecule has 1 aromatic rings. The first-order chi connectivity index (χ1) is 10.2. The highest BCUT2D eigenvalue weighted by molar-refractivity contribution is 7.13. The van der Waals surface area contributed by atoms with Crippen LogP contribution in [0.3, 0.4) is 0 Å². The van der Waals surface area contributed by atoms with Crippen molar-refractivity contribution in [3.63, 3.8) is 0 Å². The predicted octanol–water partition coefficient (Wildman–Crippen LogP) is 3.29. The minimum absolute atomic E-state index is 0.114. The van der Waals surface area contributed by atoms with E-state index in [-0.39, 0.29) is 5.41 Å². The van der Waals surface area contributed by atoms with Crippen LogP contribution in [0.5, 0.6) is 0 Å². The molecule has 1 N–H and O–H groups in total. The van der Waals surface area contributed by atoms with Gasteiger partial charge < -0.3 is 10.2 Å². The molecule has 0 radical (unpaired) electrons. The summed E-state index contributed by atoms with van der Waals surface area (Å²) < 4.78 is 0. The SMILES string of the molecule is C=CCC1(C(=O)N2CCC(Nc3nccs3)CC2)CCC1. The van der Waals surface area contributed by atoms with Gasteiger partial charge in [0, 0.05) is 30.7 Å². The van der Waals surface area contributed by atoms with Gasteiger partial charge in [-0.25, -0.2) is 4.98 Å². The van der Waals surface area contributed by atoms with E-state index in [9.17, 15) is 4.79 Å². The number of rotatable bonds is 5. The standard InChI is InChI=1S/C16H23N3OS/c1-2-6-16(7-3-8-16)14(20)19-10-4-13(5-11-19)18-15-17-9-12-21-15/h2,9,12-13H,1,3-8,10-11H2,(H,17,18). The molecule has 5 heteroatoms. The van der Waals surface area contributed by atoms with Gasteiger partial charge in [-0.05, 0) is 32.1 Å². The van der Waals surface area contributed by atoms with Gasteiger partial charge in [0.05, 0.1) is 5.41 Å². The summed E-state index contributed by atoms with van der Waals surface area (Å²) in [7, 11) is 0. The minimum Gasteiger partial charge on any atom is -0.359 e. The fourth-order valence-electron chi connectivity index (χ4n) is 3.42. The molecule has 2 fully saturated rings. The van der Waals surface area contributed by atoms with E-state index in [0.29, 0.717) is 11.9 Å². The molecule has 1 saturated carbocycles. The summed E-state index contributed by atoms with van der Waals surface area (Å²) in [5.41, 5.74) is -0.114. The number of likely N-dealkylation sites (tertiary alicyclic amines) is 1. The zero-order valence-electron chi connectivity index (χ0n) is 12.4. The Labute approximate surface area is 130 Å². The van der Waals surface area contributed by atoms with Crippen molar-refractivity contribution in [2.24, 2.45) is 5.41 Å². The van der Waals surface area contributed by atoms with Gasteiger partial charge in [-0.2, -0.15) is 0 Å². The van der Waals surface area contributed by atoms with Crippen molar-refractivity contribution in [3.8, 4) is 0 Å². The Kier molecular flexibility index (Phi) is 4.29. The summed E-state index contributed by atoms with van der Waals surface area (Å²) in [5.74, 6) is 0.362. The first-order valence-corrected chi connectivity index (χ1v) is 8.68. The molecule has 1 saturated heterocycles. The van der Waals surface area contributed by atoms with E-state index < -0.39 is 0 Å². The fraction of sp³-hybridized carbons (Fsp3) is 0.625. The van der Waals surface area contributed by atoms with Crippen molar-refractivity contribution in [3.05, 3.63) is 24.2 Å². The predicted molar refractivity (Wildman–Crippen MR) is 86.4 cm³/mol. The number of amides is 1. The number of thiazole rings is 1. The zero-order valence-corrected chi connectivity index (χ0v) is 13.2. The van der Waals surface area contributed by atoms with Gasteiger partial charge in [-0.1, -0.05) is 12.5 Å². The number of nitrogens with one attached hydrogen (secondary N) is 1. The molecule has 1 aliphatic carbocycles. The van der Waals surface area contributed by atoms with Crippen molar-refractivity contribution in [2.45, 2.75) is 44.6 Å². The summed E-state index contributed by atoms with van der Waals surface area (Å²) in [6, 6.07) is 0.442. The minimum atomic E-state index is -0.114. The average molecular weight is 305 g/mol. The summed E-state index contributed by atoms with van der Waals surface area (Å²) in [6.45, 7) is 5.55. The molecule has 2 aliphatic rings. The quantitative estimate of drug-likeness (QED) is 0.849. The summed E-state index contributed by atoms with van der Waals surface area (Å²) in [4.78, 5) is 19.1. The van der Waals surface area contributed by atoms with Crippen molar-refractivity contribution in [1.82, 2.24) is 9.88 Å². The number of piperidine rings is 1. The van der Waals surface area contributed by atoms with Crippen LogP contribution in [0.25, 0.3) is 0 Å². The van der Waals surface area contributed by atoms with E-state index in [2.05, 4.69) is 21.8 Å². The van der Waals surface area contributed by atoms with E-state index in [1.165, 1.54) is 6.42 Å². The maximum atomic E-state index is 12.8. The molecule has 4 nitrogen and oxygen atoms in total. The first-order valence-electron chi connectivity index (χ1n) is 7.80. The van der Waals surface area contributed by atoms with E-state index in [1.807, 2.05) is 17.7 Å². The van der Waals surface area contributed by atoms with Crippen LogP contribution in [0.15, 0.2) is 24.2 Å². The third-order valence-corrected chi connectivity index (χ3v) is 5.55. The van der Waals surface area contributed by atoms with Crippen LogP contribution in [-0.4, -0.2) is 34.9 Å². The Morgan fingerprint density at radius 2 is 2.29 bits per heavy atom. The molecule has 0 bridgehead atoms. The second kappa shape index (κ2) is 6.18. The third-order valence-electron chi connectivity index (χ3n) is 4.84. The van der Waals surface area contributed by atoms with E-state index >= 15 is 0 Å². The lowest BCUT2D eigenvalue weighted by Gasteiger charge is -2.45. The van der Waals surface area contributed by atoms with Gasteiger partial charge in [-0.3, -0.25) is 4.79 Å². The molecule has 0 spiro atoms. The van der Waals surface area contributed by atoms with Crippen LogP contribution in [0.2, 0.25) is 0 Å². The molecule has 114 valence electrons. The van der Waals surface area contributed by atoms with Crippen LogP contribution in [0.1, 0.15) is 38.5 Å². The fourth-order valence-corrected chi connectivity index (χ4v) is 4.02. The molecular weight excluding hydrogens is 282 g/mol. The van der Waals surface area contributed by atoms with Gasteiger partial charge in [-0.15, -0.1) is 17.9 Å². The van der Waals surface area contributed by atoms with Gasteiger partial charge in [0.25, 0.3) is 0 Å². The molecule has 2 heterocycles. The number of nitrogens with zero attached hydrogens (tertiary/aromatic N) is 2. The van der Waals surface area contributed by atoms with Crippen LogP contribution < -0.4 is 5.32 Å². The lowest BCUT2D eigenvalue weighted by atomic mass is 9.65. The van der Waals surface area contributed by atoms with E-state index in [1.54, 1.807) is 11.3 Å². The topological polar surface area (TPSA) is 45.2 Å². The highest BCUT2D eigenvalue weighted by Gasteiger charge is 2.45. The second-order valence-electron chi connectivity index (χ2n) is 6.17. The number of allylic oxidation sites excluding steroid dienone is 1. The maximum absolute atomic E-state index is 12.8.